The SMILES string of the molecule is CNCC(C)S(=O)(=O)N(C)CC1CC2CCC1C2. The summed E-state index contributed by atoms with van der Waals surface area (Å²) in [6.45, 7) is 3.02. The van der Waals surface area contributed by atoms with Crippen LogP contribution in [0.15, 0.2) is 0 Å². The fourth-order valence-corrected chi connectivity index (χ4v) is 5.13. The number of rotatable bonds is 6. The molecule has 2 fully saturated rings. The van der Waals surface area contributed by atoms with Crippen molar-refractivity contribution in [2.24, 2.45) is 17.8 Å². The second-order valence-corrected chi connectivity index (χ2v) is 8.59. The molecule has 4 unspecified atom stereocenters. The minimum absolute atomic E-state index is 0.342. The molecule has 0 spiro atoms. The highest BCUT2D eigenvalue weighted by Crippen LogP contribution is 2.48. The summed E-state index contributed by atoms with van der Waals surface area (Å²) < 4.78 is 26.2. The van der Waals surface area contributed by atoms with Crippen LogP contribution in [0, 0.1) is 17.8 Å². The van der Waals surface area contributed by atoms with E-state index in [1.165, 1.54) is 25.7 Å². The molecule has 18 heavy (non-hydrogen) atoms. The summed E-state index contributed by atoms with van der Waals surface area (Å²) in [5, 5.41) is 2.60. The summed E-state index contributed by atoms with van der Waals surface area (Å²) in [7, 11) is 0.403. The van der Waals surface area contributed by atoms with Crippen molar-refractivity contribution in [1.82, 2.24) is 9.62 Å². The second kappa shape index (κ2) is 5.47. The Morgan fingerprint density at radius 3 is 2.56 bits per heavy atom. The minimum Gasteiger partial charge on any atom is -0.318 e. The molecule has 4 atom stereocenters. The Morgan fingerprint density at radius 1 is 1.33 bits per heavy atom. The zero-order chi connectivity index (χ0) is 13.3. The van der Waals surface area contributed by atoms with Gasteiger partial charge in [-0.15, -0.1) is 0 Å². The summed E-state index contributed by atoms with van der Waals surface area (Å²) in [6, 6.07) is 0. The standard InChI is InChI=1S/C13H26N2O2S/c1-10(8-14-2)18(16,17)15(3)9-13-7-11-4-5-12(13)6-11/h10-14H,4-9H2,1-3H3. The lowest BCUT2D eigenvalue weighted by Crippen LogP contribution is -2.42. The molecule has 1 N–H and O–H groups in total. The Bertz CT molecular complexity index is 382. The predicted molar refractivity (Wildman–Crippen MR) is 73.9 cm³/mol. The fourth-order valence-electron chi connectivity index (χ4n) is 3.73. The lowest BCUT2D eigenvalue weighted by molar-refractivity contribution is 0.279. The highest BCUT2D eigenvalue weighted by Gasteiger charge is 2.41. The van der Waals surface area contributed by atoms with Crippen LogP contribution in [0.25, 0.3) is 0 Å². The first-order valence-corrected chi connectivity index (χ1v) is 8.55. The van der Waals surface area contributed by atoms with Crippen LogP contribution >= 0.6 is 0 Å². The van der Waals surface area contributed by atoms with E-state index in [9.17, 15) is 8.42 Å². The quantitative estimate of drug-likeness (QED) is 0.794. The van der Waals surface area contributed by atoms with Crippen molar-refractivity contribution in [3.63, 3.8) is 0 Å². The molecule has 2 aliphatic rings. The van der Waals surface area contributed by atoms with Crippen LogP contribution < -0.4 is 5.32 Å². The zero-order valence-corrected chi connectivity index (χ0v) is 12.5. The van der Waals surface area contributed by atoms with Crippen molar-refractivity contribution in [3.8, 4) is 0 Å². The molecular weight excluding hydrogens is 248 g/mol. The van der Waals surface area contributed by atoms with Crippen LogP contribution in [0.2, 0.25) is 0 Å². The summed E-state index contributed by atoms with van der Waals surface area (Å²) in [6.07, 6.45) is 5.26. The maximum absolute atomic E-state index is 12.3. The van der Waals surface area contributed by atoms with Gasteiger partial charge >= 0.3 is 0 Å². The largest absolute Gasteiger partial charge is 0.318 e. The van der Waals surface area contributed by atoms with E-state index in [1.807, 2.05) is 0 Å². The molecule has 0 aliphatic heterocycles. The van der Waals surface area contributed by atoms with Gasteiger partial charge in [-0.05, 0) is 51.0 Å². The predicted octanol–water partition coefficient (Wildman–Crippen LogP) is 1.29. The zero-order valence-electron chi connectivity index (χ0n) is 11.7. The van der Waals surface area contributed by atoms with Crippen LogP contribution in [0.1, 0.15) is 32.6 Å². The van der Waals surface area contributed by atoms with E-state index in [1.54, 1.807) is 25.3 Å². The van der Waals surface area contributed by atoms with Crippen molar-refractivity contribution in [2.45, 2.75) is 37.9 Å². The Kier molecular flexibility index (Phi) is 4.34. The van der Waals surface area contributed by atoms with Gasteiger partial charge in [0.15, 0.2) is 0 Å². The smallest absolute Gasteiger partial charge is 0.217 e. The summed E-state index contributed by atoms with van der Waals surface area (Å²) in [5.41, 5.74) is 0. The molecule has 0 saturated heterocycles. The van der Waals surface area contributed by atoms with Crippen LogP contribution in [-0.2, 0) is 10.0 Å². The molecule has 2 aliphatic carbocycles. The third kappa shape index (κ3) is 2.73. The van der Waals surface area contributed by atoms with Gasteiger partial charge in [-0.3, -0.25) is 0 Å². The molecular formula is C13H26N2O2S. The first kappa shape index (κ1) is 14.3. The van der Waals surface area contributed by atoms with Crippen LogP contribution in [-0.4, -0.2) is 45.2 Å². The van der Waals surface area contributed by atoms with E-state index in [2.05, 4.69) is 5.32 Å². The molecule has 4 nitrogen and oxygen atoms in total. The van der Waals surface area contributed by atoms with E-state index in [0.29, 0.717) is 12.5 Å². The van der Waals surface area contributed by atoms with Gasteiger partial charge in [-0.25, -0.2) is 12.7 Å². The Hall–Kier alpha value is -0.130. The number of hydrogen-bond donors (Lipinski definition) is 1. The van der Waals surface area contributed by atoms with Crippen molar-refractivity contribution >= 4 is 10.0 Å². The lowest BCUT2D eigenvalue weighted by Gasteiger charge is -2.28. The number of sulfonamides is 1. The molecule has 0 aromatic carbocycles. The Balaban J connectivity index is 1.93. The minimum atomic E-state index is -3.13. The Morgan fingerprint density at radius 2 is 2.06 bits per heavy atom. The van der Waals surface area contributed by atoms with Crippen LogP contribution in [0.5, 0.6) is 0 Å². The van der Waals surface area contributed by atoms with E-state index in [0.717, 1.165) is 18.4 Å². The third-order valence-electron chi connectivity index (χ3n) is 4.81. The molecule has 2 saturated carbocycles. The number of nitrogens with one attached hydrogen (secondary N) is 1. The molecule has 0 aromatic rings. The maximum Gasteiger partial charge on any atom is 0.217 e. The highest BCUT2D eigenvalue weighted by atomic mass is 32.2. The molecule has 0 aromatic heterocycles. The topological polar surface area (TPSA) is 49.4 Å². The van der Waals surface area contributed by atoms with Gasteiger partial charge in [0.05, 0.1) is 5.25 Å². The van der Waals surface area contributed by atoms with Gasteiger partial charge in [0.2, 0.25) is 10.0 Å². The average molecular weight is 274 g/mol. The van der Waals surface area contributed by atoms with Crippen LogP contribution in [0.4, 0.5) is 0 Å². The molecule has 5 heteroatoms. The van der Waals surface area contributed by atoms with E-state index < -0.39 is 10.0 Å². The summed E-state index contributed by atoms with van der Waals surface area (Å²) in [4.78, 5) is 0. The summed E-state index contributed by atoms with van der Waals surface area (Å²) in [5.74, 6) is 2.27. The first-order valence-electron chi connectivity index (χ1n) is 7.05. The molecule has 0 amide bonds. The maximum atomic E-state index is 12.3. The van der Waals surface area contributed by atoms with Gasteiger partial charge in [0.25, 0.3) is 0 Å². The van der Waals surface area contributed by atoms with Gasteiger partial charge in [0.1, 0.15) is 0 Å². The first-order chi connectivity index (χ1) is 8.45. The molecule has 2 rings (SSSR count). The summed E-state index contributed by atoms with van der Waals surface area (Å²) >= 11 is 0. The number of nitrogens with zero attached hydrogens (tertiary/aromatic N) is 1. The third-order valence-corrected chi connectivity index (χ3v) is 7.01. The van der Waals surface area contributed by atoms with Crippen molar-refractivity contribution in [1.29, 1.82) is 0 Å². The molecule has 2 bridgehead atoms. The molecule has 0 radical (unpaired) electrons. The average Bonchev–Trinajstić information content (AvgIpc) is 2.91. The van der Waals surface area contributed by atoms with Crippen LogP contribution in [0.3, 0.4) is 0 Å². The lowest BCUT2D eigenvalue weighted by atomic mass is 9.89. The molecule has 106 valence electrons. The van der Waals surface area contributed by atoms with Gasteiger partial charge < -0.3 is 5.32 Å². The highest BCUT2D eigenvalue weighted by molar-refractivity contribution is 7.89. The van der Waals surface area contributed by atoms with E-state index in [-0.39, 0.29) is 5.25 Å². The Labute approximate surface area is 111 Å². The monoisotopic (exact) mass is 274 g/mol. The molecule has 0 heterocycles. The van der Waals surface area contributed by atoms with Gasteiger partial charge in [0, 0.05) is 20.1 Å². The second-order valence-electron chi connectivity index (χ2n) is 6.13. The van der Waals surface area contributed by atoms with Gasteiger partial charge in [-0.2, -0.15) is 0 Å². The van der Waals surface area contributed by atoms with E-state index in [4.69, 9.17) is 0 Å². The van der Waals surface area contributed by atoms with E-state index >= 15 is 0 Å². The van der Waals surface area contributed by atoms with Crippen molar-refractivity contribution in [3.05, 3.63) is 0 Å². The van der Waals surface area contributed by atoms with Gasteiger partial charge in [-0.1, -0.05) is 6.42 Å². The van der Waals surface area contributed by atoms with Crippen molar-refractivity contribution < 1.29 is 8.42 Å². The normalized spacial score (nSPS) is 33.2. The fraction of sp³-hybridized carbons (Fsp3) is 1.00. The number of fused-ring (bicyclic) bond motifs is 2. The number of hydrogen-bond acceptors (Lipinski definition) is 3. The van der Waals surface area contributed by atoms with Crippen molar-refractivity contribution in [2.75, 3.05) is 27.2 Å².